The van der Waals surface area contributed by atoms with E-state index in [0.717, 1.165) is 54.5 Å². The first-order valence-corrected chi connectivity index (χ1v) is 9.68. The van der Waals surface area contributed by atoms with Crippen LogP contribution in [-0.4, -0.2) is 22.4 Å². The smallest absolute Gasteiger partial charge is 0.210 e. The summed E-state index contributed by atoms with van der Waals surface area (Å²) in [4.78, 5) is 26.4. The Morgan fingerprint density at radius 2 is 1.88 bits per heavy atom. The standard InChI is InChI=1S/C21H24N2O2/c24-13-22-10-11-23-18-8-6-15(14-4-2-1-3-5-14)12-17(18)21(25)16-7-9-19(22)20(16)23/h6,8,12-14,19H,1-5,7,9-11H2. The van der Waals surface area contributed by atoms with E-state index < -0.39 is 0 Å². The molecule has 4 heteroatoms. The molecule has 1 atom stereocenters. The number of fused-ring (bicyclic) bond motifs is 2. The number of amides is 1. The van der Waals surface area contributed by atoms with Gasteiger partial charge in [-0.25, -0.2) is 0 Å². The summed E-state index contributed by atoms with van der Waals surface area (Å²) < 4.78 is 2.31. The first-order valence-electron chi connectivity index (χ1n) is 9.68. The van der Waals surface area contributed by atoms with Gasteiger partial charge in [0, 0.05) is 29.7 Å². The van der Waals surface area contributed by atoms with Crippen molar-refractivity contribution in [3.05, 3.63) is 45.2 Å². The highest BCUT2D eigenvalue weighted by atomic mass is 16.1. The van der Waals surface area contributed by atoms with Crippen molar-refractivity contribution in [1.82, 2.24) is 9.47 Å². The van der Waals surface area contributed by atoms with E-state index in [-0.39, 0.29) is 11.5 Å². The van der Waals surface area contributed by atoms with E-state index in [1.165, 1.54) is 37.7 Å². The number of nitrogens with zero attached hydrogens (tertiary/aromatic N) is 2. The summed E-state index contributed by atoms with van der Waals surface area (Å²) in [5.74, 6) is 0.616. The maximum absolute atomic E-state index is 13.2. The largest absolute Gasteiger partial charge is 0.340 e. The molecule has 0 radical (unpaired) electrons. The van der Waals surface area contributed by atoms with Crippen molar-refractivity contribution in [1.29, 1.82) is 0 Å². The molecule has 1 unspecified atom stereocenters. The van der Waals surface area contributed by atoms with Gasteiger partial charge in [-0.2, -0.15) is 0 Å². The van der Waals surface area contributed by atoms with Crippen LogP contribution in [0.2, 0.25) is 0 Å². The second-order valence-electron chi connectivity index (χ2n) is 7.85. The molecule has 130 valence electrons. The van der Waals surface area contributed by atoms with Crippen LogP contribution < -0.4 is 5.43 Å². The molecule has 5 rings (SSSR count). The van der Waals surface area contributed by atoms with Crippen LogP contribution >= 0.6 is 0 Å². The topological polar surface area (TPSA) is 42.3 Å². The number of rotatable bonds is 2. The molecular formula is C21H24N2O2. The van der Waals surface area contributed by atoms with E-state index in [0.29, 0.717) is 5.92 Å². The Morgan fingerprint density at radius 3 is 2.68 bits per heavy atom. The molecule has 1 fully saturated rings. The highest BCUT2D eigenvalue weighted by molar-refractivity contribution is 5.82. The highest BCUT2D eigenvalue weighted by Crippen LogP contribution is 2.39. The monoisotopic (exact) mass is 336 g/mol. The van der Waals surface area contributed by atoms with Gasteiger partial charge in [-0.05, 0) is 49.3 Å². The van der Waals surface area contributed by atoms with Gasteiger partial charge in [-0.1, -0.05) is 25.3 Å². The second kappa shape index (κ2) is 5.72. The summed E-state index contributed by atoms with van der Waals surface area (Å²) in [5.41, 5.74) is 4.65. The molecule has 3 aliphatic rings. The van der Waals surface area contributed by atoms with E-state index in [2.05, 4.69) is 22.8 Å². The summed E-state index contributed by atoms with van der Waals surface area (Å²) in [6.07, 6.45) is 9.09. The van der Waals surface area contributed by atoms with Gasteiger partial charge in [0.2, 0.25) is 6.41 Å². The fraction of sp³-hybridized carbons (Fsp3) is 0.524. The third-order valence-electron chi connectivity index (χ3n) is 6.61. The molecule has 0 spiro atoms. The summed E-state index contributed by atoms with van der Waals surface area (Å²) in [5, 5.41) is 0.891. The molecule has 4 nitrogen and oxygen atoms in total. The molecule has 2 aliphatic carbocycles. The van der Waals surface area contributed by atoms with E-state index >= 15 is 0 Å². The van der Waals surface area contributed by atoms with Gasteiger partial charge in [0.15, 0.2) is 5.43 Å². The zero-order chi connectivity index (χ0) is 17.0. The SMILES string of the molecule is O=CN1CCn2c3c(c(=O)c4cc(C5CCCCC5)ccc42)CCC31. The van der Waals surface area contributed by atoms with Gasteiger partial charge in [-0.15, -0.1) is 0 Å². The minimum absolute atomic E-state index is 0.0939. The normalized spacial score (nSPS) is 23.0. The maximum Gasteiger partial charge on any atom is 0.210 e. The Labute approximate surface area is 147 Å². The molecule has 1 aliphatic heterocycles. The first-order chi connectivity index (χ1) is 12.3. The van der Waals surface area contributed by atoms with Crippen molar-refractivity contribution in [2.75, 3.05) is 6.54 Å². The van der Waals surface area contributed by atoms with Crippen LogP contribution in [0.3, 0.4) is 0 Å². The number of hydrogen-bond donors (Lipinski definition) is 0. The van der Waals surface area contributed by atoms with Gasteiger partial charge in [0.05, 0.1) is 11.6 Å². The van der Waals surface area contributed by atoms with Gasteiger partial charge < -0.3 is 9.47 Å². The third kappa shape index (κ3) is 2.19. The lowest BCUT2D eigenvalue weighted by Gasteiger charge is -2.34. The summed E-state index contributed by atoms with van der Waals surface area (Å²) in [6.45, 7) is 1.53. The third-order valence-corrected chi connectivity index (χ3v) is 6.61. The number of hydrogen-bond acceptors (Lipinski definition) is 2. The molecule has 2 aromatic rings. The Kier molecular flexibility index (Phi) is 3.47. The predicted octanol–water partition coefficient (Wildman–Crippen LogP) is 3.51. The van der Waals surface area contributed by atoms with Crippen molar-refractivity contribution in [3.63, 3.8) is 0 Å². The molecule has 1 aromatic heterocycles. The zero-order valence-corrected chi connectivity index (χ0v) is 14.5. The summed E-state index contributed by atoms with van der Waals surface area (Å²) in [7, 11) is 0. The van der Waals surface area contributed by atoms with E-state index in [9.17, 15) is 9.59 Å². The maximum atomic E-state index is 13.2. The van der Waals surface area contributed by atoms with Crippen LogP contribution in [0.25, 0.3) is 10.9 Å². The Balaban J connectivity index is 1.69. The molecule has 1 saturated carbocycles. The number of pyridine rings is 1. The quantitative estimate of drug-likeness (QED) is 0.788. The van der Waals surface area contributed by atoms with Crippen LogP contribution in [-0.2, 0) is 17.8 Å². The predicted molar refractivity (Wildman–Crippen MR) is 97.9 cm³/mol. The zero-order valence-electron chi connectivity index (χ0n) is 14.5. The fourth-order valence-corrected chi connectivity index (χ4v) is 5.33. The van der Waals surface area contributed by atoms with Crippen LogP contribution in [0, 0.1) is 0 Å². The molecule has 2 heterocycles. The number of benzene rings is 1. The highest BCUT2D eigenvalue weighted by Gasteiger charge is 2.35. The van der Waals surface area contributed by atoms with Gasteiger partial charge in [-0.3, -0.25) is 9.59 Å². The van der Waals surface area contributed by atoms with Crippen molar-refractivity contribution in [3.8, 4) is 0 Å². The number of carbonyl (C=O) groups is 1. The molecule has 1 amide bonds. The van der Waals surface area contributed by atoms with Crippen molar-refractivity contribution in [2.24, 2.45) is 0 Å². The Bertz CT molecular complexity index is 908. The lowest BCUT2D eigenvalue weighted by molar-refractivity contribution is -0.121. The molecule has 0 N–H and O–H groups in total. The van der Waals surface area contributed by atoms with Crippen molar-refractivity contribution >= 4 is 17.3 Å². The lowest BCUT2D eigenvalue weighted by Crippen LogP contribution is -2.37. The Morgan fingerprint density at radius 1 is 1.04 bits per heavy atom. The molecular weight excluding hydrogens is 312 g/mol. The molecule has 0 bridgehead atoms. The van der Waals surface area contributed by atoms with Crippen LogP contribution in [0.1, 0.15) is 67.3 Å². The minimum Gasteiger partial charge on any atom is -0.340 e. The van der Waals surface area contributed by atoms with Crippen LogP contribution in [0.4, 0.5) is 0 Å². The average molecular weight is 336 g/mol. The number of aromatic nitrogens is 1. The average Bonchev–Trinajstić information content (AvgIpc) is 3.12. The van der Waals surface area contributed by atoms with E-state index in [1.807, 2.05) is 4.90 Å². The van der Waals surface area contributed by atoms with Gasteiger partial charge >= 0.3 is 0 Å². The van der Waals surface area contributed by atoms with Gasteiger partial charge in [0.1, 0.15) is 0 Å². The molecule has 0 saturated heterocycles. The summed E-state index contributed by atoms with van der Waals surface area (Å²) >= 11 is 0. The molecule has 1 aromatic carbocycles. The van der Waals surface area contributed by atoms with Crippen LogP contribution in [0.5, 0.6) is 0 Å². The van der Waals surface area contributed by atoms with Crippen molar-refractivity contribution < 1.29 is 4.79 Å². The number of carbonyl (C=O) groups excluding carboxylic acids is 1. The first kappa shape index (κ1) is 15.2. The second-order valence-corrected chi connectivity index (χ2v) is 7.85. The van der Waals surface area contributed by atoms with Crippen molar-refractivity contribution in [2.45, 2.75) is 63.5 Å². The van der Waals surface area contributed by atoms with E-state index in [1.54, 1.807) is 0 Å². The summed E-state index contributed by atoms with van der Waals surface area (Å²) in [6, 6.07) is 6.67. The minimum atomic E-state index is 0.0939. The molecule has 25 heavy (non-hydrogen) atoms. The Hall–Kier alpha value is -2.10. The lowest BCUT2D eigenvalue weighted by atomic mass is 9.83. The van der Waals surface area contributed by atoms with Crippen LogP contribution in [0.15, 0.2) is 23.0 Å². The van der Waals surface area contributed by atoms with Gasteiger partial charge in [0.25, 0.3) is 0 Å². The van der Waals surface area contributed by atoms with E-state index in [4.69, 9.17) is 0 Å². The fourth-order valence-electron chi connectivity index (χ4n) is 5.33.